The molecule has 2 aliphatic heterocycles. The SMILES string of the molecule is CC1(N2CCCNC3(CCCC3)C2)CCCOC1. The van der Waals surface area contributed by atoms with Crippen LogP contribution in [0.15, 0.2) is 0 Å². The van der Waals surface area contributed by atoms with E-state index in [1.807, 2.05) is 0 Å². The predicted octanol–water partition coefficient (Wildman–Crippen LogP) is 2.16. The van der Waals surface area contributed by atoms with Gasteiger partial charge in [-0.2, -0.15) is 0 Å². The van der Waals surface area contributed by atoms with Crippen LogP contribution >= 0.6 is 0 Å². The average molecular weight is 252 g/mol. The van der Waals surface area contributed by atoms with E-state index in [4.69, 9.17) is 4.74 Å². The zero-order valence-corrected chi connectivity index (χ0v) is 11.8. The zero-order chi connectivity index (χ0) is 12.5. The van der Waals surface area contributed by atoms with Crippen LogP contribution in [0.4, 0.5) is 0 Å². The van der Waals surface area contributed by atoms with Crippen molar-refractivity contribution in [3.05, 3.63) is 0 Å². The van der Waals surface area contributed by atoms with Gasteiger partial charge in [-0.25, -0.2) is 0 Å². The average Bonchev–Trinajstić information content (AvgIpc) is 2.71. The number of nitrogens with one attached hydrogen (secondary N) is 1. The van der Waals surface area contributed by atoms with Crippen molar-refractivity contribution >= 4 is 0 Å². The molecule has 104 valence electrons. The number of hydrogen-bond donors (Lipinski definition) is 1. The third-order valence-electron chi connectivity index (χ3n) is 5.34. The Balaban J connectivity index is 1.73. The molecule has 2 heterocycles. The number of rotatable bonds is 1. The molecule has 0 radical (unpaired) electrons. The number of hydrogen-bond acceptors (Lipinski definition) is 3. The molecule has 1 spiro atoms. The van der Waals surface area contributed by atoms with Gasteiger partial charge in [-0.05, 0) is 45.6 Å². The normalized spacial score (nSPS) is 37.8. The zero-order valence-electron chi connectivity index (χ0n) is 11.8. The molecule has 3 nitrogen and oxygen atoms in total. The van der Waals surface area contributed by atoms with E-state index in [9.17, 15) is 0 Å². The highest BCUT2D eigenvalue weighted by Gasteiger charge is 2.42. The first-order chi connectivity index (χ1) is 8.73. The van der Waals surface area contributed by atoms with Gasteiger partial charge in [0.1, 0.15) is 0 Å². The summed E-state index contributed by atoms with van der Waals surface area (Å²) in [6.45, 7) is 8.00. The molecule has 0 amide bonds. The first-order valence-electron chi connectivity index (χ1n) is 7.80. The molecule has 0 aromatic heterocycles. The minimum Gasteiger partial charge on any atom is -0.380 e. The van der Waals surface area contributed by atoms with Crippen molar-refractivity contribution in [3.8, 4) is 0 Å². The van der Waals surface area contributed by atoms with Crippen LogP contribution in [-0.2, 0) is 4.74 Å². The Bertz CT molecular complexity index is 280. The summed E-state index contributed by atoms with van der Waals surface area (Å²) in [6.07, 6.45) is 9.40. The predicted molar refractivity (Wildman–Crippen MR) is 73.8 cm³/mol. The third-order valence-corrected chi connectivity index (χ3v) is 5.34. The van der Waals surface area contributed by atoms with Crippen molar-refractivity contribution in [1.29, 1.82) is 0 Å². The molecule has 1 atom stereocenters. The Hall–Kier alpha value is -0.120. The van der Waals surface area contributed by atoms with Crippen LogP contribution in [-0.4, -0.2) is 48.8 Å². The Kier molecular flexibility index (Phi) is 3.65. The lowest BCUT2D eigenvalue weighted by atomic mass is 9.89. The maximum Gasteiger partial charge on any atom is 0.0647 e. The Morgan fingerprint density at radius 1 is 1.06 bits per heavy atom. The quantitative estimate of drug-likeness (QED) is 0.774. The fourth-order valence-electron chi connectivity index (χ4n) is 4.14. The molecular weight excluding hydrogens is 224 g/mol. The van der Waals surface area contributed by atoms with Crippen LogP contribution in [0.2, 0.25) is 0 Å². The van der Waals surface area contributed by atoms with Crippen molar-refractivity contribution < 1.29 is 4.74 Å². The van der Waals surface area contributed by atoms with Crippen LogP contribution in [0.5, 0.6) is 0 Å². The first kappa shape index (κ1) is 12.9. The van der Waals surface area contributed by atoms with Gasteiger partial charge >= 0.3 is 0 Å². The van der Waals surface area contributed by atoms with Crippen molar-refractivity contribution in [2.75, 3.05) is 32.8 Å². The minimum absolute atomic E-state index is 0.292. The molecule has 0 aromatic carbocycles. The summed E-state index contributed by atoms with van der Waals surface area (Å²) in [4.78, 5) is 2.75. The lowest BCUT2D eigenvalue weighted by molar-refractivity contribution is -0.0455. The minimum atomic E-state index is 0.292. The second-order valence-corrected chi connectivity index (χ2v) is 6.84. The van der Waals surface area contributed by atoms with Crippen molar-refractivity contribution in [1.82, 2.24) is 10.2 Å². The monoisotopic (exact) mass is 252 g/mol. The van der Waals surface area contributed by atoms with Gasteiger partial charge < -0.3 is 10.1 Å². The van der Waals surface area contributed by atoms with Gasteiger partial charge in [0.15, 0.2) is 0 Å². The molecule has 0 bridgehead atoms. The molecule has 0 aromatic rings. The van der Waals surface area contributed by atoms with E-state index in [0.717, 1.165) is 13.2 Å². The third kappa shape index (κ3) is 2.45. The Morgan fingerprint density at radius 3 is 2.61 bits per heavy atom. The lowest BCUT2D eigenvalue weighted by Gasteiger charge is -2.46. The number of ether oxygens (including phenoxy) is 1. The van der Waals surface area contributed by atoms with Gasteiger partial charge in [-0.1, -0.05) is 12.8 Å². The summed E-state index contributed by atoms with van der Waals surface area (Å²) < 4.78 is 5.77. The Labute approximate surface area is 111 Å². The largest absolute Gasteiger partial charge is 0.380 e. The van der Waals surface area contributed by atoms with E-state index in [2.05, 4.69) is 17.1 Å². The highest BCUT2D eigenvalue weighted by atomic mass is 16.5. The van der Waals surface area contributed by atoms with E-state index in [-0.39, 0.29) is 0 Å². The first-order valence-corrected chi connectivity index (χ1v) is 7.80. The van der Waals surface area contributed by atoms with E-state index >= 15 is 0 Å². The fourth-order valence-corrected chi connectivity index (χ4v) is 4.14. The van der Waals surface area contributed by atoms with Crippen LogP contribution < -0.4 is 5.32 Å². The molecular formula is C15H28N2O. The summed E-state index contributed by atoms with van der Waals surface area (Å²) in [5, 5.41) is 3.86. The molecule has 3 heteroatoms. The summed E-state index contributed by atoms with van der Waals surface area (Å²) >= 11 is 0. The maximum absolute atomic E-state index is 5.77. The summed E-state index contributed by atoms with van der Waals surface area (Å²) in [5.74, 6) is 0. The molecule has 1 aliphatic carbocycles. The molecule has 3 rings (SSSR count). The molecule has 18 heavy (non-hydrogen) atoms. The molecule has 1 saturated carbocycles. The highest BCUT2D eigenvalue weighted by Crippen LogP contribution is 2.35. The van der Waals surface area contributed by atoms with E-state index in [0.29, 0.717) is 11.1 Å². The molecule has 3 fully saturated rings. The molecule has 1 N–H and O–H groups in total. The van der Waals surface area contributed by atoms with Crippen LogP contribution in [0.1, 0.15) is 51.9 Å². The van der Waals surface area contributed by atoms with Gasteiger partial charge in [-0.15, -0.1) is 0 Å². The molecule has 2 saturated heterocycles. The summed E-state index contributed by atoms with van der Waals surface area (Å²) in [6, 6.07) is 0. The van der Waals surface area contributed by atoms with Gasteiger partial charge in [0, 0.05) is 30.8 Å². The van der Waals surface area contributed by atoms with Crippen LogP contribution in [0, 0.1) is 0 Å². The lowest BCUT2D eigenvalue weighted by Crippen LogP contribution is -2.58. The summed E-state index contributed by atoms with van der Waals surface area (Å²) in [7, 11) is 0. The van der Waals surface area contributed by atoms with E-state index in [1.165, 1.54) is 64.6 Å². The maximum atomic E-state index is 5.77. The highest BCUT2D eigenvalue weighted by molar-refractivity contribution is 5.01. The van der Waals surface area contributed by atoms with Gasteiger partial charge in [0.2, 0.25) is 0 Å². The second kappa shape index (κ2) is 5.10. The van der Waals surface area contributed by atoms with Crippen LogP contribution in [0.3, 0.4) is 0 Å². The van der Waals surface area contributed by atoms with Gasteiger partial charge in [0.05, 0.1) is 6.61 Å². The van der Waals surface area contributed by atoms with Crippen LogP contribution in [0.25, 0.3) is 0 Å². The smallest absolute Gasteiger partial charge is 0.0647 e. The van der Waals surface area contributed by atoms with E-state index in [1.54, 1.807) is 0 Å². The summed E-state index contributed by atoms with van der Waals surface area (Å²) in [5.41, 5.74) is 0.719. The topological polar surface area (TPSA) is 24.5 Å². The van der Waals surface area contributed by atoms with E-state index < -0.39 is 0 Å². The standard InChI is InChI=1S/C15H28N2O/c1-14(6-4-11-18-13-14)17-10-5-9-16-15(12-17)7-2-3-8-15/h16H,2-13H2,1H3. The molecule has 1 unspecified atom stereocenters. The molecule has 3 aliphatic rings. The van der Waals surface area contributed by atoms with Crippen molar-refractivity contribution in [3.63, 3.8) is 0 Å². The van der Waals surface area contributed by atoms with Gasteiger partial charge in [-0.3, -0.25) is 4.90 Å². The Morgan fingerprint density at radius 2 is 1.89 bits per heavy atom. The van der Waals surface area contributed by atoms with Crippen molar-refractivity contribution in [2.24, 2.45) is 0 Å². The second-order valence-electron chi connectivity index (χ2n) is 6.84. The van der Waals surface area contributed by atoms with Gasteiger partial charge in [0.25, 0.3) is 0 Å². The van der Waals surface area contributed by atoms with Crippen molar-refractivity contribution in [2.45, 2.75) is 62.9 Å². The fraction of sp³-hybridized carbons (Fsp3) is 1.00. The number of nitrogens with zero attached hydrogens (tertiary/aromatic N) is 1.